The van der Waals surface area contributed by atoms with Gasteiger partial charge in [0.05, 0.1) is 30.4 Å². The molecule has 0 radical (unpaired) electrons. The van der Waals surface area contributed by atoms with Crippen LogP contribution in [-0.4, -0.2) is 44.5 Å². The first-order chi connectivity index (χ1) is 14.8. The SMILES string of the molecule is Cc1nn(Cc2ccc(Cl)cc2F)c2c1CCN(C(=O)O[C@H]1CC[C@H](C(=O)O)CC1)C2. The third-order valence-corrected chi connectivity index (χ3v) is 6.46. The van der Waals surface area contributed by atoms with Crippen LogP contribution < -0.4 is 0 Å². The molecule has 2 aromatic rings. The number of aryl methyl sites for hydroxylation is 1. The van der Waals surface area contributed by atoms with Crippen molar-refractivity contribution in [3.8, 4) is 0 Å². The van der Waals surface area contributed by atoms with Crippen molar-refractivity contribution in [2.24, 2.45) is 5.92 Å². The van der Waals surface area contributed by atoms with Crippen LogP contribution in [0.25, 0.3) is 0 Å². The summed E-state index contributed by atoms with van der Waals surface area (Å²) in [4.78, 5) is 25.5. The highest BCUT2D eigenvalue weighted by atomic mass is 35.5. The maximum Gasteiger partial charge on any atom is 0.410 e. The van der Waals surface area contributed by atoms with Crippen molar-refractivity contribution in [2.75, 3.05) is 6.54 Å². The predicted octanol–water partition coefficient (Wildman–Crippen LogP) is 4.17. The van der Waals surface area contributed by atoms with Crippen LogP contribution >= 0.6 is 11.6 Å². The standard InChI is InChI=1S/C22H25ClFN3O4/c1-13-18-8-9-26(22(30)31-17-6-3-14(4-7-17)21(28)29)12-20(18)27(25-13)11-15-2-5-16(23)10-19(15)24/h2,5,10,14,17H,3-4,6-9,11-12H2,1H3,(H,28,29)/t14-,17-. The van der Waals surface area contributed by atoms with Gasteiger partial charge in [-0.3, -0.25) is 9.48 Å². The van der Waals surface area contributed by atoms with Crippen LogP contribution in [0, 0.1) is 18.7 Å². The molecule has 2 aliphatic rings. The van der Waals surface area contributed by atoms with Crippen molar-refractivity contribution in [3.63, 3.8) is 0 Å². The molecule has 9 heteroatoms. The molecule has 7 nitrogen and oxygen atoms in total. The summed E-state index contributed by atoms with van der Waals surface area (Å²) in [6.45, 7) is 3.04. The monoisotopic (exact) mass is 449 g/mol. The second-order valence-electron chi connectivity index (χ2n) is 8.27. The highest BCUT2D eigenvalue weighted by Crippen LogP contribution is 2.28. The van der Waals surface area contributed by atoms with Crippen molar-refractivity contribution >= 4 is 23.7 Å². The molecule has 1 aliphatic carbocycles. The third-order valence-electron chi connectivity index (χ3n) is 6.22. The van der Waals surface area contributed by atoms with E-state index in [2.05, 4.69) is 5.10 Å². The summed E-state index contributed by atoms with van der Waals surface area (Å²) in [5.41, 5.74) is 3.32. The van der Waals surface area contributed by atoms with E-state index in [1.807, 2.05) is 6.92 Å². The molecule has 1 saturated carbocycles. The predicted molar refractivity (Wildman–Crippen MR) is 111 cm³/mol. The molecule has 0 unspecified atom stereocenters. The van der Waals surface area contributed by atoms with E-state index in [1.165, 1.54) is 6.07 Å². The topological polar surface area (TPSA) is 84.7 Å². The quantitative estimate of drug-likeness (QED) is 0.757. The molecule has 1 amide bonds. The van der Waals surface area contributed by atoms with E-state index in [1.54, 1.807) is 21.7 Å². The van der Waals surface area contributed by atoms with Crippen molar-refractivity contribution in [1.29, 1.82) is 0 Å². The molecule has 2 heterocycles. The molecule has 0 bridgehead atoms. The number of amides is 1. The van der Waals surface area contributed by atoms with E-state index < -0.39 is 17.9 Å². The molecule has 1 aliphatic heterocycles. The number of rotatable bonds is 4. The van der Waals surface area contributed by atoms with Gasteiger partial charge >= 0.3 is 12.1 Å². The summed E-state index contributed by atoms with van der Waals surface area (Å²) in [7, 11) is 0. The maximum absolute atomic E-state index is 14.3. The summed E-state index contributed by atoms with van der Waals surface area (Å²) in [6.07, 6.45) is 2.19. The van der Waals surface area contributed by atoms with Gasteiger partial charge < -0.3 is 14.7 Å². The van der Waals surface area contributed by atoms with Gasteiger partial charge in [0.1, 0.15) is 11.9 Å². The number of halogens is 2. The normalized spacial score (nSPS) is 20.9. The molecule has 0 saturated heterocycles. The number of fused-ring (bicyclic) bond motifs is 1. The number of hydrogen-bond donors (Lipinski definition) is 1. The number of nitrogens with zero attached hydrogens (tertiary/aromatic N) is 3. The largest absolute Gasteiger partial charge is 0.481 e. The minimum atomic E-state index is -0.783. The molecule has 1 N–H and O–H groups in total. The van der Waals surface area contributed by atoms with Crippen molar-refractivity contribution in [1.82, 2.24) is 14.7 Å². The van der Waals surface area contributed by atoms with Crippen molar-refractivity contribution in [2.45, 2.75) is 58.2 Å². The maximum atomic E-state index is 14.3. The van der Waals surface area contributed by atoms with Gasteiger partial charge in [0.2, 0.25) is 0 Å². The zero-order valence-electron chi connectivity index (χ0n) is 17.3. The second kappa shape index (κ2) is 8.86. The fourth-order valence-electron chi connectivity index (χ4n) is 4.42. The molecular weight excluding hydrogens is 425 g/mol. The Labute approximate surface area is 184 Å². The highest BCUT2D eigenvalue weighted by Gasteiger charge is 2.31. The molecule has 1 aromatic heterocycles. The molecule has 31 heavy (non-hydrogen) atoms. The summed E-state index contributed by atoms with van der Waals surface area (Å²) in [5.74, 6) is -1.52. The Morgan fingerprint density at radius 2 is 2.03 bits per heavy atom. The number of carboxylic acids is 1. The number of ether oxygens (including phenoxy) is 1. The van der Waals surface area contributed by atoms with E-state index in [0.29, 0.717) is 55.8 Å². The minimum absolute atomic E-state index is 0.251. The van der Waals surface area contributed by atoms with Crippen LogP contribution in [0.2, 0.25) is 5.02 Å². The van der Waals surface area contributed by atoms with Crippen LogP contribution in [0.5, 0.6) is 0 Å². The van der Waals surface area contributed by atoms with Crippen molar-refractivity contribution in [3.05, 3.63) is 51.6 Å². The van der Waals surface area contributed by atoms with E-state index >= 15 is 0 Å². The Morgan fingerprint density at radius 3 is 2.71 bits per heavy atom. The Hall–Kier alpha value is -2.61. The summed E-state index contributed by atoms with van der Waals surface area (Å²) >= 11 is 5.85. The third kappa shape index (κ3) is 4.69. The van der Waals surface area contributed by atoms with Gasteiger partial charge in [0.15, 0.2) is 0 Å². The molecule has 0 atom stereocenters. The Balaban J connectivity index is 1.43. The first-order valence-corrected chi connectivity index (χ1v) is 10.9. The number of benzene rings is 1. The lowest BCUT2D eigenvalue weighted by molar-refractivity contribution is -0.143. The lowest BCUT2D eigenvalue weighted by Crippen LogP contribution is -2.39. The summed E-state index contributed by atoms with van der Waals surface area (Å²) in [6, 6.07) is 4.57. The summed E-state index contributed by atoms with van der Waals surface area (Å²) < 4.78 is 21.7. The average Bonchev–Trinajstić information content (AvgIpc) is 3.05. The second-order valence-corrected chi connectivity index (χ2v) is 8.71. The van der Waals surface area contributed by atoms with E-state index in [-0.39, 0.29) is 18.6 Å². The number of carbonyl (C=O) groups excluding carboxylic acids is 1. The van der Waals surface area contributed by atoms with Crippen LogP contribution in [0.1, 0.15) is 48.2 Å². The first-order valence-electron chi connectivity index (χ1n) is 10.5. The lowest BCUT2D eigenvalue weighted by atomic mass is 9.87. The summed E-state index contributed by atoms with van der Waals surface area (Å²) in [5, 5.41) is 14.0. The van der Waals surface area contributed by atoms with Gasteiger partial charge in [-0.1, -0.05) is 17.7 Å². The average molecular weight is 450 g/mol. The Kier molecular flexibility index (Phi) is 6.18. The highest BCUT2D eigenvalue weighted by molar-refractivity contribution is 6.30. The zero-order valence-corrected chi connectivity index (χ0v) is 18.1. The smallest absolute Gasteiger partial charge is 0.410 e. The molecular formula is C22H25ClFN3O4. The Bertz CT molecular complexity index is 1000. The first kappa shape index (κ1) is 21.6. The lowest BCUT2D eigenvalue weighted by Gasteiger charge is -2.31. The fourth-order valence-corrected chi connectivity index (χ4v) is 4.58. The number of aliphatic carboxylic acids is 1. The molecule has 1 fully saturated rings. The zero-order chi connectivity index (χ0) is 22.1. The fraction of sp³-hybridized carbons (Fsp3) is 0.500. The molecule has 166 valence electrons. The Morgan fingerprint density at radius 1 is 1.29 bits per heavy atom. The van der Waals surface area contributed by atoms with Gasteiger partial charge in [-0.05, 0) is 56.7 Å². The number of carboxylic acid groups (broad SMARTS) is 1. The molecule has 0 spiro atoms. The van der Waals surface area contributed by atoms with Gasteiger partial charge in [-0.15, -0.1) is 0 Å². The molecule has 1 aromatic carbocycles. The van der Waals surface area contributed by atoms with Crippen LogP contribution in [-0.2, 0) is 29.0 Å². The van der Waals surface area contributed by atoms with Crippen LogP contribution in [0.15, 0.2) is 18.2 Å². The van der Waals surface area contributed by atoms with Gasteiger partial charge in [0, 0.05) is 17.1 Å². The van der Waals surface area contributed by atoms with E-state index in [4.69, 9.17) is 21.4 Å². The van der Waals surface area contributed by atoms with Gasteiger partial charge in [-0.25, -0.2) is 9.18 Å². The number of hydrogen-bond acceptors (Lipinski definition) is 4. The number of carbonyl (C=O) groups is 2. The van der Waals surface area contributed by atoms with Gasteiger partial charge in [0.25, 0.3) is 0 Å². The number of aromatic nitrogens is 2. The van der Waals surface area contributed by atoms with Crippen LogP contribution in [0.4, 0.5) is 9.18 Å². The van der Waals surface area contributed by atoms with Gasteiger partial charge in [-0.2, -0.15) is 5.10 Å². The van der Waals surface area contributed by atoms with E-state index in [0.717, 1.165) is 17.0 Å². The van der Waals surface area contributed by atoms with E-state index in [9.17, 15) is 14.0 Å². The minimum Gasteiger partial charge on any atom is -0.481 e. The van der Waals surface area contributed by atoms with Crippen LogP contribution in [0.3, 0.4) is 0 Å². The van der Waals surface area contributed by atoms with Crippen molar-refractivity contribution < 1.29 is 23.8 Å². The molecule has 4 rings (SSSR count).